The third-order valence-electron chi connectivity index (χ3n) is 4.25. The standard InChI is InChI=1S/C13H27N5O2S/c1-2-17-7-3-5-12(17)11-16-13(14)15-6-9-18-8-4-10-21(18,19)20/h12H,2-11H2,1H3,(H3,14,15,16). The number of likely N-dealkylation sites (N-methyl/N-ethyl adjacent to an activating group) is 1. The van der Waals surface area contributed by atoms with Crippen LogP contribution in [-0.2, 0) is 10.0 Å². The van der Waals surface area contributed by atoms with E-state index in [-0.39, 0.29) is 5.75 Å². The number of rotatable bonds is 6. The van der Waals surface area contributed by atoms with Crippen molar-refractivity contribution in [2.75, 3.05) is 45.0 Å². The van der Waals surface area contributed by atoms with Gasteiger partial charge in [-0.2, -0.15) is 0 Å². The first-order chi connectivity index (χ1) is 10.0. The number of sulfonamides is 1. The van der Waals surface area contributed by atoms with E-state index in [0.29, 0.717) is 38.2 Å². The highest BCUT2D eigenvalue weighted by Gasteiger charge is 2.27. The number of nitrogens with zero attached hydrogens (tertiary/aromatic N) is 3. The lowest BCUT2D eigenvalue weighted by Gasteiger charge is -2.21. The van der Waals surface area contributed by atoms with Crippen LogP contribution in [0, 0.1) is 0 Å². The topological polar surface area (TPSA) is 91.0 Å². The summed E-state index contributed by atoms with van der Waals surface area (Å²) in [6.45, 7) is 6.68. The van der Waals surface area contributed by atoms with E-state index in [9.17, 15) is 8.42 Å². The molecule has 2 aliphatic rings. The van der Waals surface area contributed by atoms with Gasteiger partial charge in [-0.15, -0.1) is 0 Å². The van der Waals surface area contributed by atoms with Crippen molar-refractivity contribution in [1.29, 1.82) is 0 Å². The predicted molar refractivity (Wildman–Crippen MR) is 84.7 cm³/mol. The van der Waals surface area contributed by atoms with Crippen LogP contribution in [0.15, 0.2) is 4.99 Å². The van der Waals surface area contributed by atoms with Crippen molar-refractivity contribution in [3.05, 3.63) is 0 Å². The summed E-state index contributed by atoms with van der Waals surface area (Å²) in [4.78, 5) is 6.80. The molecule has 122 valence electrons. The van der Waals surface area contributed by atoms with Crippen molar-refractivity contribution in [1.82, 2.24) is 14.5 Å². The fourth-order valence-electron chi connectivity index (χ4n) is 3.03. The average molecular weight is 317 g/mol. The summed E-state index contributed by atoms with van der Waals surface area (Å²) in [6.07, 6.45) is 3.13. The van der Waals surface area contributed by atoms with Crippen molar-refractivity contribution in [2.45, 2.75) is 32.2 Å². The number of hydrogen-bond acceptors (Lipinski definition) is 4. The third-order valence-corrected chi connectivity index (χ3v) is 6.20. The molecule has 1 atom stereocenters. The van der Waals surface area contributed by atoms with Gasteiger partial charge in [0.2, 0.25) is 10.0 Å². The molecule has 0 aromatic carbocycles. The molecule has 2 saturated heterocycles. The molecule has 2 fully saturated rings. The van der Waals surface area contributed by atoms with Crippen molar-refractivity contribution >= 4 is 16.0 Å². The fraction of sp³-hybridized carbons (Fsp3) is 0.923. The molecule has 0 amide bonds. The van der Waals surface area contributed by atoms with Gasteiger partial charge in [0.25, 0.3) is 0 Å². The molecular formula is C13H27N5O2S. The molecule has 1 unspecified atom stereocenters. The molecule has 21 heavy (non-hydrogen) atoms. The van der Waals surface area contributed by atoms with E-state index in [2.05, 4.69) is 22.1 Å². The maximum Gasteiger partial charge on any atom is 0.214 e. The number of likely N-dealkylation sites (tertiary alicyclic amines) is 1. The van der Waals surface area contributed by atoms with Gasteiger partial charge in [0.1, 0.15) is 0 Å². The first-order valence-corrected chi connectivity index (χ1v) is 9.39. The fourth-order valence-corrected chi connectivity index (χ4v) is 4.56. The summed E-state index contributed by atoms with van der Waals surface area (Å²) < 4.78 is 24.8. The number of nitrogens with one attached hydrogen (secondary N) is 1. The summed E-state index contributed by atoms with van der Waals surface area (Å²) in [5.74, 6) is 0.681. The largest absolute Gasteiger partial charge is 0.370 e. The van der Waals surface area contributed by atoms with Gasteiger partial charge in [0, 0.05) is 25.7 Å². The van der Waals surface area contributed by atoms with Gasteiger partial charge >= 0.3 is 0 Å². The van der Waals surface area contributed by atoms with Crippen LogP contribution in [0.1, 0.15) is 26.2 Å². The molecule has 0 aliphatic carbocycles. The van der Waals surface area contributed by atoms with Crippen LogP contribution >= 0.6 is 0 Å². The SMILES string of the molecule is CCN1CCCC1CN=C(N)NCCN1CCCS1(=O)=O. The van der Waals surface area contributed by atoms with Gasteiger partial charge in [-0.05, 0) is 32.4 Å². The quantitative estimate of drug-likeness (QED) is 0.505. The van der Waals surface area contributed by atoms with E-state index in [1.54, 1.807) is 0 Å². The third kappa shape index (κ3) is 4.55. The molecule has 0 radical (unpaired) electrons. The van der Waals surface area contributed by atoms with Crippen molar-refractivity contribution < 1.29 is 8.42 Å². The van der Waals surface area contributed by atoms with E-state index in [0.717, 1.165) is 19.5 Å². The molecular weight excluding hydrogens is 290 g/mol. The molecule has 7 nitrogen and oxygen atoms in total. The summed E-state index contributed by atoms with van der Waals surface area (Å²) in [5.41, 5.74) is 5.84. The van der Waals surface area contributed by atoms with E-state index >= 15 is 0 Å². The lowest BCUT2D eigenvalue weighted by molar-refractivity contribution is 0.273. The molecule has 0 aromatic heterocycles. The van der Waals surface area contributed by atoms with Gasteiger partial charge < -0.3 is 11.1 Å². The monoisotopic (exact) mass is 317 g/mol. The molecule has 0 saturated carbocycles. The average Bonchev–Trinajstić information content (AvgIpc) is 3.03. The minimum absolute atomic E-state index is 0.269. The Hall–Kier alpha value is -0.860. The summed E-state index contributed by atoms with van der Waals surface area (Å²) in [5, 5.41) is 3.01. The van der Waals surface area contributed by atoms with Crippen molar-refractivity contribution in [2.24, 2.45) is 10.7 Å². The van der Waals surface area contributed by atoms with Gasteiger partial charge in [-0.25, -0.2) is 12.7 Å². The molecule has 0 bridgehead atoms. The van der Waals surface area contributed by atoms with Crippen molar-refractivity contribution in [3.63, 3.8) is 0 Å². The normalized spacial score (nSPS) is 27.3. The first-order valence-electron chi connectivity index (χ1n) is 7.78. The van der Waals surface area contributed by atoms with Crippen LogP contribution in [0.5, 0.6) is 0 Å². The Morgan fingerprint density at radius 1 is 1.38 bits per heavy atom. The second kappa shape index (κ2) is 7.42. The summed E-state index contributed by atoms with van der Waals surface area (Å²) in [7, 11) is -3.02. The Kier molecular flexibility index (Phi) is 5.83. The highest BCUT2D eigenvalue weighted by Crippen LogP contribution is 2.16. The van der Waals surface area contributed by atoms with Crippen LogP contribution in [0.25, 0.3) is 0 Å². The number of guanidine groups is 1. The Morgan fingerprint density at radius 2 is 2.19 bits per heavy atom. The second-order valence-electron chi connectivity index (χ2n) is 5.65. The van der Waals surface area contributed by atoms with E-state index in [1.807, 2.05) is 0 Å². The maximum absolute atomic E-state index is 11.6. The summed E-state index contributed by atoms with van der Waals surface area (Å²) >= 11 is 0. The number of nitrogens with two attached hydrogens (primary N) is 1. The maximum atomic E-state index is 11.6. The molecule has 2 rings (SSSR count). The van der Waals surface area contributed by atoms with Crippen LogP contribution in [0.2, 0.25) is 0 Å². The zero-order chi connectivity index (χ0) is 15.3. The predicted octanol–water partition coefficient (Wildman–Crippen LogP) is -0.589. The minimum atomic E-state index is -3.02. The molecule has 3 N–H and O–H groups in total. The van der Waals surface area contributed by atoms with Crippen LogP contribution in [0.4, 0.5) is 0 Å². The smallest absolute Gasteiger partial charge is 0.214 e. The van der Waals surface area contributed by atoms with Gasteiger partial charge in [0.15, 0.2) is 5.96 Å². The lowest BCUT2D eigenvalue weighted by Crippen LogP contribution is -2.40. The van der Waals surface area contributed by atoms with Crippen LogP contribution in [-0.4, -0.2) is 74.6 Å². The molecule has 0 spiro atoms. The minimum Gasteiger partial charge on any atom is -0.370 e. The summed E-state index contributed by atoms with van der Waals surface area (Å²) in [6, 6.07) is 0.495. The molecule has 0 aromatic rings. The van der Waals surface area contributed by atoms with Crippen LogP contribution in [0.3, 0.4) is 0 Å². The van der Waals surface area contributed by atoms with Gasteiger partial charge in [0.05, 0.1) is 12.3 Å². The second-order valence-corrected chi connectivity index (χ2v) is 7.73. The number of aliphatic imine (C=N–C) groups is 1. The highest BCUT2D eigenvalue weighted by atomic mass is 32.2. The van der Waals surface area contributed by atoms with Crippen LogP contribution < -0.4 is 11.1 Å². The molecule has 2 aliphatic heterocycles. The molecule has 8 heteroatoms. The highest BCUT2D eigenvalue weighted by molar-refractivity contribution is 7.89. The Bertz CT molecular complexity index is 465. The van der Waals surface area contributed by atoms with E-state index in [4.69, 9.17) is 5.73 Å². The zero-order valence-corrected chi connectivity index (χ0v) is 13.6. The Labute approximate surface area is 127 Å². The van der Waals surface area contributed by atoms with Gasteiger partial charge in [-0.1, -0.05) is 6.92 Å². The van der Waals surface area contributed by atoms with Gasteiger partial charge in [-0.3, -0.25) is 9.89 Å². The zero-order valence-electron chi connectivity index (χ0n) is 12.8. The Morgan fingerprint density at radius 3 is 2.86 bits per heavy atom. The number of hydrogen-bond donors (Lipinski definition) is 2. The van der Waals surface area contributed by atoms with E-state index in [1.165, 1.54) is 17.1 Å². The Balaban J connectivity index is 1.69. The molecule has 2 heterocycles. The van der Waals surface area contributed by atoms with Crippen molar-refractivity contribution in [3.8, 4) is 0 Å². The van der Waals surface area contributed by atoms with E-state index < -0.39 is 10.0 Å². The lowest BCUT2D eigenvalue weighted by atomic mass is 10.2. The first kappa shape index (κ1) is 16.5.